The van der Waals surface area contributed by atoms with Gasteiger partial charge in [-0.2, -0.15) is 0 Å². The van der Waals surface area contributed by atoms with E-state index in [-0.39, 0.29) is 35.2 Å². The molecule has 6 heteroatoms. The molecule has 0 fully saturated rings. The number of benzene rings is 1. The van der Waals surface area contributed by atoms with Crippen LogP contribution in [-0.4, -0.2) is 19.0 Å². The number of aliphatic imine (C=N–C) groups is 1. The molecule has 0 bridgehead atoms. The molecule has 0 atom stereocenters. The lowest BCUT2D eigenvalue weighted by atomic mass is 9.84. The van der Waals surface area contributed by atoms with Crippen molar-refractivity contribution in [1.29, 1.82) is 0 Å². The normalized spacial score (nSPS) is 11.9. The summed E-state index contributed by atoms with van der Waals surface area (Å²) in [6.07, 6.45) is 0.989. The minimum absolute atomic E-state index is 0. The summed E-state index contributed by atoms with van der Waals surface area (Å²) in [5.41, 5.74) is 6.31. The van der Waals surface area contributed by atoms with Crippen molar-refractivity contribution in [3.63, 3.8) is 0 Å². The molecular weight excluding hydrogens is 392 g/mol. The standard InChI is InChI=1S/C14H21ClFN3.HI/c1-4-7-18-13(17)19-9-14(2,3)11-6-5-10(16)8-12(11)15;/h5-6,8H,4,7,9H2,1-3H3,(H3,17,18,19);1H. The second kappa shape index (κ2) is 8.67. The van der Waals surface area contributed by atoms with E-state index in [0.29, 0.717) is 17.5 Å². The highest BCUT2D eigenvalue weighted by atomic mass is 127. The number of nitrogens with two attached hydrogens (primary N) is 1. The second-order valence-electron chi connectivity index (χ2n) is 5.14. The molecule has 0 aliphatic carbocycles. The lowest BCUT2D eigenvalue weighted by Crippen LogP contribution is -2.34. The summed E-state index contributed by atoms with van der Waals surface area (Å²) in [7, 11) is 0. The largest absolute Gasteiger partial charge is 0.370 e. The van der Waals surface area contributed by atoms with Crippen LogP contribution in [0.5, 0.6) is 0 Å². The van der Waals surface area contributed by atoms with E-state index in [1.165, 1.54) is 12.1 Å². The third kappa shape index (κ3) is 5.83. The Morgan fingerprint density at radius 1 is 1.45 bits per heavy atom. The first-order valence-corrected chi connectivity index (χ1v) is 6.74. The maximum atomic E-state index is 13.0. The lowest BCUT2D eigenvalue weighted by Gasteiger charge is -2.24. The van der Waals surface area contributed by atoms with Gasteiger partial charge in [0.25, 0.3) is 0 Å². The fraction of sp³-hybridized carbons (Fsp3) is 0.500. The van der Waals surface area contributed by atoms with Crippen LogP contribution in [0.1, 0.15) is 32.8 Å². The topological polar surface area (TPSA) is 50.4 Å². The van der Waals surface area contributed by atoms with E-state index in [9.17, 15) is 4.39 Å². The van der Waals surface area contributed by atoms with Gasteiger partial charge in [-0.3, -0.25) is 4.99 Å². The maximum absolute atomic E-state index is 13.0. The van der Waals surface area contributed by atoms with Crippen molar-refractivity contribution in [2.45, 2.75) is 32.6 Å². The third-order valence-corrected chi connectivity index (χ3v) is 3.17. The first kappa shape index (κ1) is 19.4. The first-order valence-electron chi connectivity index (χ1n) is 6.36. The van der Waals surface area contributed by atoms with Crippen molar-refractivity contribution in [3.8, 4) is 0 Å². The van der Waals surface area contributed by atoms with Crippen LogP contribution in [0.25, 0.3) is 0 Å². The van der Waals surface area contributed by atoms with Gasteiger partial charge in [-0.25, -0.2) is 4.39 Å². The Hall–Kier alpha value is -0.560. The molecule has 0 saturated heterocycles. The van der Waals surface area contributed by atoms with Crippen LogP contribution < -0.4 is 11.1 Å². The quantitative estimate of drug-likeness (QED) is 0.439. The summed E-state index contributed by atoms with van der Waals surface area (Å²) in [5.74, 6) is 0.0883. The SMILES string of the molecule is CCCNC(N)=NCC(C)(C)c1ccc(F)cc1Cl.I. The predicted octanol–water partition coefficient (Wildman–Crippen LogP) is 3.69. The number of nitrogens with zero attached hydrogens (tertiary/aromatic N) is 1. The zero-order chi connectivity index (χ0) is 14.5. The maximum Gasteiger partial charge on any atom is 0.188 e. The average Bonchev–Trinajstić information content (AvgIpc) is 2.33. The molecule has 0 aliphatic rings. The van der Waals surface area contributed by atoms with Crippen molar-refractivity contribution in [2.24, 2.45) is 10.7 Å². The lowest BCUT2D eigenvalue weighted by molar-refractivity contribution is 0.536. The molecule has 1 aromatic carbocycles. The molecule has 114 valence electrons. The van der Waals surface area contributed by atoms with E-state index in [1.54, 1.807) is 6.07 Å². The minimum atomic E-state index is -0.336. The number of rotatable bonds is 5. The summed E-state index contributed by atoms with van der Waals surface area (Å²) >= 11 is 6.08. The molecule has 0 radical (unpaired) electrons. The van der Waals surface area contributed by atoms with Crippen molar-refractivity contribution < 1.29 is 4.39 Å². The molecule has 20 heavy (non-hydrogen) atoms. The smallest absolute Gasteiger partial charge is 0.188 e. The Kier molecular flexibility index (Phi) is 8.42. The van der Waals surface area contributed by atoms with Crippen LogP contribution in [0.2, 0.25) is 5.02 Å². The van der Waals surface area contributed by atoms with Crippen molar-refractivity contribution >= 4 is 41.5 Å². The molecular formula is C14H22ClFIN3. The van der Waals surface area contributed by atoms with Crippen molar-refractivity contribution in [3.05, 3.63) is 34.6 Å². The van der Waals surface area contributed by atoms with Crippen LogP contribution in [-0.2, 0) is 5.41 Å². The Morgan fingerprint density at radius 3 is 2.65 bits per heavy atom. The molecule has 1 rings (SSSR count). The van der Waals surface area contributed by atoms with Crippen LogP contribution in [0.4, 0.5) is 4.39 Å². The molecule has 3 N–H and O–H groups in total. The fourth-order valence-electron chi connectivity index (χ4n) is 1.72. The highest BCUT2D eigenvalue weighted by Crippen LogP contribution is 2.30. The number of hydrogen-bond acceptors (Lipinski definition) is 1. The molecule has 0 amide bonds. The summed E-state index contributed by atoms with van der Waals surface area (Å²) in [6.45, 7) is 7.35. The summed E-state index contributed by atoms with van der Waals surface area (Å²) in [4.78, 5) is 4.30. The van der Waals surface area contributed by atoms with Crippen LogP contribution in [0, 0.1) is 5.82 Å². The second-order valence-corrected chi connectivity index (χ2v) is 5.54. The number of halogens is 3. The van der Waals surface area contributed by atoms with Gasteiger partial charge in [0.05, 0.1) is 6.54 Å². The summed E-state index contributed by atoms with van der Waals surface area (Å²) in [5, 5.41) is 3.43. The molecule has 3 nitrogen and oxygen atoms in total. The van der Waals surface area contributed by atoms with Gasteiger partial charge < -0.3 is 11.1 Å². The van der Waals surface area contributed by atoms with Crippen LogP contribution >= 0.6 is 35.6 Å². The van der Waals surface area contributed by atoms with E-state index < -0.39 is 0 Å². The molecule has 0 saturated carbocycles. The molecule has 1 aromatic rings. The minimum Gasteiger partial charge on any atom is -0.370 e. The average molecular weight is 414 g/mol. The summed E-state index contributed by atoms with van der Waals surface area (Å²) < 4.78 is 13.0. The Balaban J connectivity index is 0.00000361. The zero-order valence-corrected chi connectivity index (χ0v) is 15.1. The molecule has 0 aromatic heterocycles. The Bertz CT molecular complexity index is 464. The zero-order valence-electron chi connectivity index (χ0n) is 12.0. The highest BCUT2D eigenvalue weighted by Gasteiger charge is 2.23. The van der Waals surface area contributed by atoms with Gasteiger partial charge in [0, 0.05) is 17.0 Å². The molecule has 0 spiro atoms. The number of guanidine groups is 1. The van der Waals surface area contributed by atoms with E-state index in [1.807, 2.05) is 13.8 Å². The first-order chi connectivity index (χ1) is 8.86. The summed E-state index contributed by atoms with van der Waals surface area (Å²) in [6, 6.07) is 4.43. The van der Waals surface area contributed by atoms with E-state index in [4.69, 9.17) is 17.3 Å². The Morgan fingerprint density at radius 2 is 2.10 bits per heavy atom. The van der Waals surface area contributed by atoms with E-state index in [0.717, 1.165) is 18.5 Å². The van der Waals surface area contributed by atoms with Gasteiger partial charge in [-0.05, 0) is 24.1 Å². The van der Waals surface area contributed by atoms with Crippen molar-refractivity contribution in [1.82, 2.24) is 5.32 Å². The molecule has 0 aliphatic heterocycles. The van der Waals surface area contributed by atoms with Gasteiger partial charge in [0.15, 0.2) is 5.96 Å². The third-order valence-electron chi connectivity index (χ3n) is 2.86. The van der Waals surface area contributed by atoms with Gasteiger partial charge in [-0.15, -0.1) is 24.0 Å². The van der Waals surface area contributed by atoms with Gasteiger partial charge in [0.1, 0.15) is 5.82 Å². The fourth-order valence-corrected chi connectivity index (χ4v) is 2.14. The highest BCUT2D eigenvalue weighted by molar-refractivity contribution is 14.0. The van der Waals surface area contributed by atoms with Gasteiger partial charge >= 0.3 is 0 Å². The van der Waals surface area contributed by atoms with Gasteiger partial charge in [0.2, 0.25) is 0 Å². The van der Waals surface area contributed by atoms with E-state index in [2.05, 4.69) is 17.2 Å². The van der Waals surface area contributed by atoms with Crippen molar-refractivity contribution in [2.75, 3.05) is 13.1 Å². The molecule has 0 heterocycles. The monoisotopic (exact) mass is 413 g/mol. The number of nitrogens with one attached hydrogen (secondary N) is 1. The Labute approximate surface area is 142 Å². The van der Waals surface area contributed by atoms with Gasteiger partial charge in [-0.1, -0.05) is 38.4 Å². The molecule has 0 unspecified atom stereocenters. The van der Waals surface area contributed by atoms with Crippen LogP contribution in [0.3, 0.4) is 0 Å². The van der Waals surface area contributed by atoms with Crippen LogP contribution in [0.15, 0.2) is 23.2 Å². The predicted molar refractivity (Wildman–Crippen MR) is 94.6 cm³/mol. The van der Waals surface area contributed by atoms with E-state index >= 15 is 0 Å². The number of hydrogen-bond donors (Lipinski definition) is 2.